The van der Waals surface area contributed by atoms with Gasteiger partial charge in [-0.25, -0.2) is 8.42 Å². The Morgan fingerprint density at radius 2 is 1.76 bits per heavy atom. The average Bonchev–Trinajstić information content (AvgIpc) is 2.37. The number of hydrogen-bond acceptors (Lipinski definition) is 3. The first-order chi connectivity index (χ1) is 9.70. The van der Waals surface area contributed by atoms with E-state index in [1.54, 1.807) is 30.3 Å². The molecule has 2 aromatic rings. The first kappa shape index (κ1) is 16.1. The second-order valence-electron chi connectivity index (χ2n) is 4.70. The van der Waals surface area contributed by atoms with Crippen LogP contribution >= 0.6 is 27.5 Å². The lowest BCUT2D eigenvalue weighted by Gasteiger charge is -2.13. The fraction of sp³-hybridized carbons (Fsp3) is 0.143. The highest BCUT2D eigenvalue weighted by Crippen LogP contribution is 2.30. The molecule has 0 aliphatic carbocycles. The van der Waals surface area contributed by atoms with Crippen LogP contribution in [0.3, 0.4) is 0 Å². The van der Waals surface area contributed by atoms with Gasteiger partial charge >= 0.3 is 0 Å². The standard InChI is InChI=1S/C14H14BrClN2O2S/c1-8-5-12(17)14(6-9(8)2)21(19,20)18-13-4-3-10(16)7-11(13)15/h3-7,18H,17H2,1-2H3. The Balaban J connectivity index is 2.46. The third kappa shape index (κ3) is 3.51. The van der Waals surface area contributed by atoms with Crippen molar-refractivity contribution in [3.8, 4) is 0 Å². The molecule has 2 rings (SSSR count). The SMILES string of the molecule is Cc1cc(N)c(S(=O)(=O)Nc2ccc(Cl)cc2Br)cc1C. The molecule has 0 bridgehead atoms. The molecule has 112 valence electrons. The lowest BCUT2D eigenvalue weighted by Crippen LogP contribution is -2.15. The molecule has 7 heteroatoms. The number of nitrogens with two attached hydrogens (primary N) is 1. The van der Waals surface area contributed by atoms with Gasteiger partial charge in [0.2, 0.25) is 0 Å². The van der Waals surface area contributed by atoms with Crippen LogP contribution in [0.1, 0.15) is 11.1 Å². The van der Waals surface area contributed by atoms with Crippen LogP contribution in [0.25, 0.3) is 0 Å². The van der Waals surface area contributed by atoms with E-state index in [1.165, 1.54) is 0 Å². The van der Waals surface area contributed by atoms with Crippen LogP contribution in [-0.2, 0) is 10.0 Å². The van der Waals surface area contributed by atoms with Crippen LogP contribution in [0, 0.1) is 13.8 Å². The van der Waals surface area contributed by atoms with Gasteiger partial charge in [0.25, 0.3) is 10.0 Å². The fourth-order valence-corrected chi connectivity index (χ4v) is 4.01. The molecule has 0 spiro atoms. The van der Waals surface area contributed by atoms with Gasteiger partial charge in [0.05, 0.1) is 11.4 Å². The maximum atomic E-state index is 12.5. The number of sulfonamides is 1. The van der Waals surface area contributed by atoms with Gasteiger partial charge in [0.15, 0.2) is 0 Å². The van der Waals surface area contributed by atoms with Crippen LogP contribution in [0.15, 0.2) is 39.7 Å². The van der Waals surface area contributed by atoms with Crippen molar-refractivity contribution < 1.29 is 8.42 Å². The predicted octanol–water partition coefficient (Wildman–Crippen LogP) is 4.10. The van der Waals surface area contributed by atoms with Crippen molar-refractivity contribution in [3.63, 3.8) is 0 Å². The van der Waals surface area contributed by atoms with Crippen LogP contribution in [0.4, 0.5) is 11.4 Å². The molecular formula is C14H14BrClN2O2S. The zero-order valence-corrected chi connectivity index (χ0v) is 14.6. The number of nitrogen functional groups attached to an aromatic ring is 1. The number of aryl methyl sites for hydroxylation is 2. The molecule has 0 aromatic heterocycles. The summed E-state index contributed by atoms with van der Waals surface area (Å²) in [6.45, 7) is 3.72. The van der Waals surface area contributed by atoms with Crippen LogP contribution in [-0.4, -0.2) is 8.42 Å². The van der Waals surface area contributed by atoms with Crippen molar-refractivity contribution in [1.29, 1.82) is 0 Å². The van der Waals surface area contributed by atoms with Gasteiger partial charge in [0.1, 0.15) is 4.90 Å². The van der Waals surface area contributed by atoms with Crippen LogP contribution < -0.4 is 10.5 Å². The Bertz CT molecular complexity index is 807. The van der Waals surface area contributed by atoms with Crippen molar-refractivity contribution in [2.24, 2.45) is 0 Å². The van der Waals surface area contributed by atoms with Gasteiger partial charge in [-0.3, -0.25) is 4.72 Å². The number of rotatable bonds is 3. The summed E-state index contributed by atoms with van der Waals surface area (Å²) < 4.78 is 28.0. The van der Waals surface area contributed by atoms with E-state index in [1.807, 2.05) is 13.8 Å². The van der Waals surface area contributed by atoms with E-state index in [-0.39, 0.29) is 10.6 Å². The van der Waals surface area contributed by atoms with Crippen molar-refractivity contribution in [1.82, 2.24) is 0 Å². The second kappa shape index (κ2) is 5.87. The Hall–Kier alpha value is -1.24. The van der Waals surface area contributed by atoms with Gasteiger partial charge in [-0.15, -0.1) is 0 Å². The van der Waals surface area contributed by atoms with Gasteiger partial charge in [-0.1, -0.05) is 11.6 Å². The van der Waals surface area contributed by atoms with Crippen molar-refractivity contribution in [2.45, 2.75) is 18.7 Å². The molecule has 4 nitrogen and oxygen atoms in total. The minimum absolute atomic E-state index is 0.0625. The molecule has 2 aromatic carbocycles. The molecule has 0 radical (unpaired) electrons. The minimum atomic E-state index is -3.77. The summed E-state index contributed by atoms with van der Waals surface area (Å²) in [6.07, 6.45) is 0. The van der Waals surface area contributed by atoms with Crippen molar-refractivity contribution in [2.75, 3.05) is 10.5 Å². The summed E-state index contributed by atoms with van der Waals surface area (Å²) in [5.41, 5.74) is 8.26. The number of halogens is 2. The highest BCUT2D eigenvalue weighted by molar-refractivity contribution is 9.10. The van der Waals surface area contributed by atoms with Gasteiger partial charge in [-0.05, 0) is 71.2 Å². The first-order valence-electron chi connectivity index (χ1n) is 6.05. The zero-order chi connectivity index (χ0) is 15.8. The summed E-state index contributed by atoms with van der Waals surface area (Å²) >= 11 is 9.12. The van der Waals surface area contributed by atoms with Gasteiger partial charge in [-0.2, -0.15) is 0 Å². The van der Waals surface area contributed by atoms with Gasteiger partial charge < -0.3 is 5.73 Å². The fourth-order valence-electron chi connectivity index (χ4n) is 1.82. The molecule has 0 fully saturated rings. The van der Waals surface area contributed by atoms with Crippen molar-refractivity contribution >= 4 is 48.9 Å². The molecule has 0 saturated carbocycles. The van der Waals surface area contributed by atoms with E-state index in [9.17, 15) is 8.42 Å². The highest BCUT2D eigenvalue weighted by atomic mass is 79.9. The average molecular weight is 390 g/mol. The lowest BCUT2D eigenvalue weighted by molar-refractivity contribution is 0.601. The molecule has 0 saturated heterocycles. The monoisotopic (exact) mass is 388 g/mol. The molecule has 0 heterocycles. The highest BCUT2D eigenvalue weighted by Gasteiger charge is 2.19. The van der Waals surface area contributed by atoms with E-state index in [2.05, 4.69) is 20.7 Å². The molecule has 0 atom stereocenters. The molecule has 0 unspecified atom stereocenters. The predicted molar refractivity (Wildman–Crippen MR) is 90.3 cm³/mol. The number of hydrogen-bond donors (Lipinski definition) is 2. The summed E-state index contributed by atoms with van der Waals surface area (Å²) in [6, 6.07) is 8.02. The molecule has 3 N–H and O–H groups in total. The topological polar surface area (TPSA) is 72.2 Å². The smallest absolute Gasteiger partial charge is 0.263 e. The first-order valence-corrected chi connectivity index (χ1v) is 8.71. The third-order valence-corrected chi connectivity index (χ3v) is 5.40. The molecule has 0 aliphatic rings. The van der Waals surface area contributed by atoms with E-state index in [4.69, 9.17) is 17.3 Å². The third-order valence-electron chi connectivity index (χ3n) is 3.09. The quantitative estimate of drug-likeness (QED) is 0.776. The van der Waals surface area contributed by atoms with Crippen LogP contribution in [0.5, 0.6) is 0 Å². The molecule has 0 amide bonds. The van der Waals surface area contributed by atoms with Gasteiger partial charge in [0, 0.05) is 9.50 Å². The number of anilines is 2. The lowest BCUT2D eigenvalue weighted by atomic mass is 10.1. The maximum absolute atomic E-state index is 12.5. The Morgan fingerprint density at radius 1 is 1.14 bits per heavy atom. The summed E-state index contributed by atoms with van der Waals surface area (Å²) in [4.78, 5) is 0.0625. The number of nitrogens with one attached hydrogen (secondary N) is 1. The normalized spacial score (nSPS) is 11.4. The van der Waals surface area contributed by atoms with Crippen LogP contribution in [0.2, 0.25) is 5.02 Å². The molecular weight excluding hydrogens is 376 g/mol. The zero-order valence-electron chi connectivity index (χ0n) is 11.4. The second-order valence-corrected chi connectivity index (χ2v) is 7.65. The Kier molecular flexibility index (Phi) is 4.51. The van der Waals surface area contributed by atoms with Crippen molar-refractivity contribution in [3.05, 3.63) is 51.0 Å². The summed E-state index contributed by atoms with van der Waals surface area (Å²) in [7, 11) is -3.77. The summed E-state index contributed by atoms with van der Waals surface area (Å²) in [5.74, 6) is 0. The van der Waals surface area contributed by atoms with E-state index >= 15 is 0 Å². The largest absolute Gasteiger partial charge is 0.398 e. The van der Waals surface area contributed by atoms with E-state index < -0.39 is 10.0 Å². The molecule has 0 aliphatic heterocycles. The van der Waals surface area contributed by atoms with E-state index in [0.29, 0.717) is 15.2 Å². The number of benzene rings is 2. The Labute approximate surface area is 137 Å². The van der Waals surface area contributed by atoms with E-state index in [0.717, 1.165) is 11.1 Å². The minimum Gasteiger partial charge on any atom is -0.398 e. The molecule has 21 heavy (non-hydrogen) atoms. The summed E-state index contributed by atoms with van der Waals surface area (Å²) in [5, 5.41) is 0.510. The maximum Gasteiger partial charge on any atom is 0.263 e. The Morgan fingerprint density at radius 3 is 2.38 bits per heavy atom.